The number of rotatable bonds is 5. The highest BCUT2D eigenvalue weighted by molar-refractivity contribution is 5.69. The molecule has 110 valence electrons. The first kappa shape index (κ1) is 14.8. The minimum atomic E-state index is -0.594. The number of phenolic OH excluding ortho intramolecular Hbond substituents is 1. The van der Waals surface area contributed by atoms with Gasteiger partial charge >= 0.3 is 5.97 Å². The average molecular weight is 280 g/mol. The van der Waals surface area contributed by atoms with E-state index in [1.54, 1.807) is 24.3 Å². The van der Waals surface area contributed by atoms with Crippen LogP contribution in [-0.4, -0.2) is 36.2 Å². The van der Waals surface area contributed by atoms with Crippen LogP contribution in [0.15, 0.2) is 24.3 Å². The van der Waals surface area contributed by atoms with Crippen molar-refractivity contribution >= 4 is 5.97 Å². The number of hydrogen-bond donors (Lipinski definition) is 1. The molecule has 1 aromatic carbocycles. The van der Waals surface area contributed by atoms with Gasteiger partial charge in [-0.1, -0.05) is 12.1 Å². The fourth-order valence-corrected chi connectivity index (χ4v) is 2.01. The van der Waals surface area contributed by atoms with Crippen LogP contribution >= 0.6 is 0 Å². The molecular weight excluding hydrogens is 260 g/mol. The molecule has 5 nitrogen and oxygen atoms in total. The van der Waals surface area contributed by atoms with Gasteiger partial charge in [0.1, 0.15) is 18.5 Å². The number of carbonyl (C=O) groups is 1. The summed E-state index contributed by atoms with van der Waals surface area (Å²) in [5.41, 5.74) is 0.987. The maximum Gasteiger partial charge on any atom is 0.306 e. The second-order valence-corrected chi connectivity index (χ2v) is 5.30. The third-order valence-corrected chi connectivity index (χ3v) is 3.05. The van der Waals surface area contributed by atoms with Gasteiger partial charge in [0.05, 0.1) is 6.61 Å². The molecule has 1 N–H and O–H groups in total. The van der Waals surface area contributed by atoms with Crippen LogP contribution in [0.2, 0.25) is 0 Å². The van der Waals surface area contributed by atoms with Crippen LogP contribution in [0.4, 0.5) is 0 Å². The van der Waals surface area contributed by atoms with Crippen molar-refractivity contribution in [3.05, 3.63) is 29.8 Å². The summed E-state index contributed by atoms with van der Waals surface area (Å²) in [5.74, 6) is -0.632. The molecule has 1 aliphatic heterocycles. The molecule has 1 aromatic rings. The monoisotopic (exact) mass is 280 g/mol. The third kappa shape index (κ3) is 4.51. The molecule has 0 aliphatic carbocycles. The normalized spacial score (nSPS) is 20.8. The maximum absolute atomic E-state index is 11.6. The molecule has 0 bridgehead atoms. The smallest absolute Gasteiger partial charge is 0.306 e. The summed E-state index contributed by atoms with van der Waals surface area (Å²) >= 11 is 0. The fourth-order valence-electron chi connectivity index (χ4n) is 2.01. The van der Waals surface area contributed by atoms with Crippen molar-refractivity contribution in [1.82, 2.24) is 0 Å². The van der Waals surface area contributed by atoms with Crippen LogP contribution in [0.3, 0.4) is 0 Å². The number of phenols is 1. The Bertz CT molecular complexity index is 452. The largest absolute Gasteiger partial charge is 0.508 e. The molecule has 1 saturated heterocycles. The van der Waals surface area contributed by atoms with E-state index >= 15 is 0 Å². The Balaban J connectivity index is 1.67. The Morgan fingerprint density at radius 2 is 2.10 bits per heavy atom. The van der Waals surface area contributed by atoms with E-state index in [-0.39, 0.29) is 24.4 Å². The summed E-state index contributed by atoms with van der Waals surface area (Å²) in [4.78, 5) is 11.6. The number of aromatic hydroxyl groups is 1. The van der Waals surface area contributed by atoms with Gasteiger partial charge in [-0.05, 0) is 38.0 Å². The van der Waals surface area contributed by atoms with Crippen molar-refractivity contribution in [3.63, 3.8) is 0 Å². The third-order valence-electron chi connectivity index (χ3n) is 3.05. The van der Waals surface area contributed by atoms with Gasteiger partial charge in [0.15, 0.2) is 5.79 Å². The highest BCUT2D eigenvalue weighted by Gasteiger charge is 2.33. The Morgan fingerprint density at radius 3 is 2.70 bits per heavy atom. The molecule has 1 heterocycles. The standard InChI is InChI=1S/C15H20O5/c1-15(2)19-10-13(20-15)9-18-14(17)8-5-11-3-6-12(16)7-4-11/h3-4,6-7,13,16H,5,8-10H2,1-2H3/t13-/m1/s1. The molecule has 0 spiro atoms. The van der Waals surface area contributed by atoms with Crippen molar-refractivity contribution in [2.45, 2.75) is 38.6 Å². The molecule has 0 aromatic heterocycles. The number of benzene rings is 1. The van der Waals surface area contributed by atoms with Crippen LogP contribution in [-0.2, 0) is 25.4 Å². The van der Waals surface area contributed by atoms with Gasteiger partial charge < -0.3 is 19.3 Å². The first-order valence-electron chi connectivity index (χ1n) is 6.70. The van der Waals surface area contributed by atoms with E-state index in [2.05, 4.69) is 0 Å². The lowest BCUT2D eigenvalue weighted by Gasteiger charge is -2.16. The molecule has 0 amide bonds. The van der Waals surface area contributed by atoms with E-state index in [1.807, 2.05) is 13.8 Å². The average Bonchev–Trinajstić information content (AvgIpc) is 2.75. The molecule has 2 rings (SSSR count). The van der Waals surface area contributed by atoms with Gasteiger partial charge in [0, 0.05) is 6.42 Å². The van der Waals surface area contributed by atoms with Crippen LogP contribution in [0.1, 0.15) is 25.8 Å². The predicted molar refractivity (Wildman–Crippen MR) is 72.3 cm³/mol. The van der Waals surface area contributed by atoms with Gasteiger partial charge in [-0.25, -0.2) is 0 Å². The summed E-state index contributed by atoms with van der Waals surface area (Å²) in [6.45, 7) is 4.33. The molecule has 0 radical (unpaired) electrons. The van der Waals surface area contributed by atoms with Gasteiger partial charge in [-0.15, -0.1) is 0 Å². The van der Waals surface area contributed by atoms with Gasteiger partial charge in [-0.2, -0.15) is 0 Å². The number of esters is 1. The zero-order valence-corrected chi connectivity index (χ0v) is 11.8. The number of aryl methyl sites for hydroxylation is 1. The zero-order chi connectivity index (χ0) is 14.6. The van der Waals surface area contributed by atoms with Crippen molar-refractivity contribution in [1.29, 1.82) is 0 Å². The van der Waals surface area contributed by atoms with Crippen molar-refractivity contribution in [3.8, 4) is 5.75 Å². The number of ether oxygens (including phenoxy) is 3. The van der Waals surface area contributed by atoms with Crippen LogP contribution in [0.5, 0.6) is 5.75 Å². The molecule has 0 unspecified atom stereocenters. The molecule has 1 atom stereocenters. The summed E-state index contributed by atoms with van der Waals surface area (Å²) in [7, 11) is 0. The lowest BCUT2D eigenvalue weighted by atomic mass is 10.1. The predicted octanol–water partition coefficient (Wildman–Crippen LogP) is 2.02. The second-order valence-electron chi connectivity index (χ2n) is 5.30. The Labute approximate surface area is 118 Å². The van der Waals surface area contributed by atoms with E-state index in [0.29, 0.717) is 19.4 Å². The van der Waals surface area contributed by atoms with E-state index in [1.165, 1.54) is 0 Å². The van der Waals surface area contributed by atoms with Crippen molar-refractivity contribution in [2.24, 2.45) is 0 Å². The SMILES string of the molecule is CC1(C)OC[C@@H](COC(=O)CCc2ccc(O)cc2)O1. The second kappa shape index (κ2) is 6.24. The van der Waals surface area contributed by atoms with Crippen LogP contribution in [0.25, 0.3) is 0 Å². The minimum absolute atomic E-state index is 0.192. The van der Waals surface area contributed by atoms with E-state index in [9.17, 15) is 4.79 Å². The molecular formula is C15H20O5. The lowest BCUT2D eigenvalue weighted by molar-refractivity contribution is -0.158. The zero-order valence-electron chi connectivity index (χ0n) is 11.8. The number of carbonyl (C=O) groups excluding carboxylic acids is 1. The van der Waals surface area contributed by atoms with Gasteiger partial charge in [0.2, 0.25) is 0 Å². The van der Waals surface area contributed by atoms with E-state index < -0.39 is 5.79 Å². The van der Waals surface area contributed by atoms with Crippen molar-refractivity contribution < 1.29 is 24.1 Å². The molecule has 1 aliphatic rings. The van der Waals surface area contributed by atoms with Gasteiger partial charge in [-0.3, -0.25) is 4.79 Å². The lowest BCUT2D eigenvalue weighted by Crippen LogP contribution is -2.25. The van der Waals surface area contributed by atoms with E-state index in [4.69, 9.17) is 19.3 Å². The Kier molecular flexibility index (Phi) is 4.62. The van der Waals surface area contributed by atoms with Crippen molar-refractivity contribution in [2.75, 3.05) is 13.2 Å². The highest BCUT2D eigenvalue weighted by Crippen LogP contribution is 2.22. The Morgan fingerprint density at radius 1 is 1.40 bits per heavy atom. The quantitative estimate of drug-likeness (QED) is 0.836. The summed E-state index contributed by atoms with van der Waals surface area (Å²) in [6.07, 6.45) is 0.705. The molecule has 20 heavy (non-hydrogen) atoms. The van der Waals surface area contributed by atoms with Crippen LogP contribution < -0.4 is 0 Å². The summed E-state index contributed by atoms with van der Waals surface area (Å²) in [6, 6.07) is 6.79. The first-order chi connectivity index (χ1) is 9.44. The minimum Gasteiger partial charge on any atom is -0.508 e. The van der Waals surface area contributed by atoms with Gasteiger partial charge in [0.25, 0.3) is 0 Å². The summed E-state index contributed by atoms with van der Waals surface area (Å²) < 4.78 is 16.1. The molecule has 5 heteroatoms. The van der Waals surface area contributed by atoms with Crippen LogP contribution in [0, 0.1) is 0 Å². The number of hydrogen-bond acceptors (Lipinski definition) is 5. The topological polar surface area (TPSA) is 65.0 Å². The fraction of sp³-hybridized carbons (Fsp3) is 0.533. The Hall–Kier alpha value is -1.59. The first-order valence-corrected chi connectivity index (χ1v) is 6.70. The molecule has 1 fully saturated rings. The maximum atomic E-state index is 11.6. The van der Waals surface area contributed by atoms with E-state index in [0.717, 1.165) is 5.56 Å². The summed E-state index contributed by atoms with van der Waals surface area (Å²) in [5, 5.41) is 9.16. The highest BCUT2D eigenvalue weighted by atomic mass is 16.7. The molecule has 0 saturated carbocycles.